The molecule has 0 radical (unpaired) electrons. The van der Waals surface area contributed by atoms with Gasteiger partial charge in [-0.3, -0.25) is 0 Å². The van der Waals surface area contributed by atoms with E-state index in [1.807, 2.05) is 19.1 Å². The fourth-order valence-corrected chi connectivity index (χ4v) is 2.32. The first-order valence-electron chi connectivity index (χ1n) is 6.88. The minimum Gasteiger partial charge on any atom is -0.507 e. The molecule has 0 fully saturated rings. The molecule has 112 valence electrons. The number of nitrogens with zero attached hydrogens (tertiary/aromatic N) is 2. The average Bonchev–Trinajstić information content (AvgIpc) is 2.35. The van der Waals surface area contributed by atoms with Gasteiger partial charge in [0.25, 0.3) is 0 Å². The number of rotatable bonds is 2. The van der Waals surface area contributed by atoms with Gasteiger partial charge in [0.15, 0.2) is 0 Å². The maximum Gasteiger partial charge on any atom is 0.221 e. The van der Waals surface area contributed by atoms with Crippen molar-refractivity contribution in [2.24, 2.45) is 0 Å². The Morgan fingerprint density at radius 2 is 1.86 bits per heavy atom. The van der Waals surface area contributed by atoms with E-state index in [1.54, 1.807) is 6.20 Å². The average molecular weight is 286 g/mol. The number of phenolic OH excluding ortho intramolecular Hbond substituents is 1. The number of aryl methyl sites for hydroxylation is 1. The maximum atomic E-state index is 10.2. The van der Waals surface area contributed by atoms with Gasteiger partial charge >= 0.3 is 0 Å². The standard InChI is InChI=1S/C16H22N4O/c1-9-5-10(7-12(13(9)21)16(2,3)4)6-11-8-19-15(18)20-14(11)17/h5,7-8,21H,6H2,1-4H3,(H4,17,18,19,20). The van der Waals surface area contributed by atoms with Gasteiger partial charge in [0.2, 0.25) is 5.95 Å². The zero-order valence-corrected chi connectivity index (χ0v) is 12.9. The third kappa shape index (κ3) is 3.24. The topological polar surface area (TPSA) is 98.0 Å². The van der Waals surface area contributed by atoms with E-state index in [9.17, 15) is 5.11 Å². The number of benzene rings is 1. The van der Waals surface area contributed by atoms with Crippen LogP contribution in [0.5, 0.6) is 5.75 Å². The van der Waals surface area contributed by atoms with Crippen molar-refractivity contribution in [3.63, 3.8) is 0 Å². The van der Waals surface area contributed by atoms with E-state index in [-0.39, 0.29) is 11.4 Å². The molecule has 2 aromatic rings. The van der Waals surface area contributed by atoms with Crippen LogP contribution in [-0.2, 0) is 11.8 Å². The molecule has 0 amide bonds. The molecule has 0 aliphatic carbocycles. The van der Waals surface area contributed by atoms with E-state index < -0.39 is 0 Å². The summed E-state index contributed by atoms with van der Waals surface area (Å²) in [6.07, 6.45) is 2.26. The first-order valence-corrected chi connectivity index (χ1v) is 6.88. The van der Waals surface area contributed by atoms with E-state index >= 15 is 0 Å². The minimum atomic E-state index is -0.131. The van der Waals surface area contributed by atoms with Crippen LogP contribution < -0.4 is 11.5 Å². The molecule has 1 aromatic heterocycles. The first-order chi connectivity index (χ1) is 9.68. The van der Waals surface area contributed by atoms with Crippen molar-refractivity contribution in [2.45, 2.75) is 39.5 Å². The molecular weight excluding hydrogens is 264 g/mol. The highest BCUT2D eigenvalue weighted by Gasteiger charge is 2.20. The predicted molar refractivity (Wildman–Crippen MR) is 85.2 cm³/mol. The summed E-state index contributed by atoms with van der Waals surface area (Å²) in [4.78, 5) is 7.96. The number of nitrogens with two attached hydrogens (primary N) is 2. The van der Waals surface area contributed by atoms with Crippen molar-refractivity contribution in [1.29, 1.82) is 0 Å². The molecule has 0 unspecified atom stereocenters. The summed E-state index contributed by atoms with van der Waals surface area (Å²) in [7, 11) is 0. The van der Waals surface area contributed by atoms with Gasteiger partial charge in [-0.05, 0) is 29.0 Å². The van der Waals surface area contributed by atoms with E-state index in [0.717, 1.165) is 22.3 Å². The second kappa shape index (κ2) is 5.24. The lowest BCUT2D eigenvalue weighted by Crippen LogP contribution is -2.13. The summed E-state index contributed by atoms with van der Waals surface area (Å²) in [5.41, 5.74) is 14.9. The number of aromatic hydroxyl groups is 1. The van der Waals surface area contributed by atoms with Crippen LogP contribution in [0.3, 0.4) is 0 Å². The molecule has 0 saturated carbocycles. The first kappa shape index (κ1) is 15.1. The Balaban J connectivity index is 2.43. The molecule has 5 nitrogen and oxygen atoms in total. The van der Waals surface area contributed by atoms with Crippen molar-refractivity contribution in [3.8, 4) is 5.75 Å². The molecule has 0 aliphatic rings. The van der Waals surface area contributed by atoms with Crippen LogP contribution in [0.1, 0.15) is 43.0 Å². The van der Waals surface area contributed by atoms with Crippen LogP contribution in [0, 0.1) is 6.92 Å². The SMILES string of the molecule is Cc1cc(Cc2cnc(N)nc2N)cc(C(C)(C)C)c1O. The summed E-state index contributed by atoms with van der Waals surface area (Å²) in [5.74, 6) is 0.923. The Morgan fingerprint density at radius 1 is 1.19 bits per heavy atom. The predicted octanol–water partition coefficient (Wildman–Crippen LogP) is 2.54. The summed E-state index contributed by atoms with van der Waals surface area (Å²) in [6.45, 7) is 8.13. The zero-order valence-electron chi connectivity index (χ0n) is 12.9. The van der Waals surface area contributed by atoms with Crippen LogP contribution in [0.4, 0.5) is 11.8 Å². The molecule has 2 rings (SSSR count). The van der Waals surface area contributed by atoms with Gasteiger partial charge in [-0.15, -0.1) is 0 Å². The highest BCUT2D eigenvalue weighted by Crippen LogP contribution is 2.34. The maximum absolute atomic E-state index is 10.2. The fraction of sp³-hybridized carbons (Fsp3) is 0.375. The molecule has 0 atom stereocenters. The van der Waals surface area contributed by atoms with Crippen LogP contribution in [0.15, 0.2) is 18.3 Å². The molecular formula is C16H22N4O. The van der Waals surface area contributed by atoms with Gasteiger partial charge < -0.3 is 16.6 Å². The van der Waals surface area contributed by atoms with Crippen LogP contribution in [-0.4, -0.2) is 15.1 Å². The second-order valence-electron chi connectivity index (χ2n) is 6.37. The smallest absolute Gasteiger partial charge is 0.221 e. The third-order valence-corrected chi connectivity index (χ3v) is 3.48. The van der Waals surface area contributed by atoms with Gasteiger partial charge in [0.1, 0.15) is 11.6 Å². The highest BCUT2D eigenvalue weighted by atomic mass is 16.3. The molecule has 21 heavy (non-hydrogen) atoms. The van der Waals surface area contributed by atoms with Gasteiger partial charge in [0.05, 0.1) is 0 Å². The molecule has 5 N–H and O–H groups in total. The second-order valence-corrected chi connectivity index (χ2v) is 6.37. The van der Waals surface area contributed by atoms with Crippen LogP contribution >= 0.6 is 0 Å². The Kier molecular flexibility index (Phi) is 3.77. The van der Waals surface area contributed by atoms with Crippen molar-refractivity contribution < 1.29 is 5.11 Å². The molecule has 1 aromatic carbocycles. The number of aromatic nitrogens is 2. The van der Waals surface area contributed by atoms with E-state index in [1.165, 1.54) is 0 Å². The number of hydrogen-bond donors (Lipinski definition) is 3. The zero-order chi connectivity index (χ0) is 15.8. The third-order valence-electron chi connectivity index (χ3n) is 3.48. The molecule has 5 heteroatoms. The van der Waals surface area contributed by atoms with Crippen molar-refractivity contribution in [2.75, 3.05) is 11.5 Å². The monoisotopic (exact) mass is 286 g/mol. The Morgan fingerprint density at radius 3 is 2.43 bits per heavy atom. The van der Waals surface area contributed by atoms with Gasteiger partial charge in [-0.1, -0.05) is 32.9 Å². The fourth-order valence-electron chi connectivity index (χ4n) is 2.32. The van der Waals surface area contributed by atoms with E-state index in [4.69, 9.17) is 11.5 Å². The summed E-state index contributed by atoms with van der Waals surface area (Å²) in [5, 5.41) is 10.2. The molecule has 0 bridgehead atoms. The van der Waals surface area contributed by atoms with Crippen molar-refractivity contribution >= 4 is 11.8 Å². The van der Waals surface area contributed by atoms with Crippen molar-refractivity contribution in [3.05, 3.63) is 40.6 Å². The number of hydrogen-bond acceptors (Lipinski definition) is 5. The molecule has 1 heterocycles. The lowest BCUT2D eigenvalue weighted by molar-refractivity contribution is 0.442. The molecule has 0 aliphatic heterocycles. The van der Waals surface area contributed by atoms with Gasteiger partial charge in [0, 0.05) is 18.2 Å². The lowest BCUT2D eigenvalue weighted by atomic mass is 9.83. The quantitative estimate of drug-likeness (QED) is 0.788. The number of nitrogen functional groups attached to an aromatic ring is 2. The van der Waals surface area contributed by atoms with Gasteiger partial charge in [-0.2, -0.15) is 4.98 Å². The van der Waals surface area contributed by atoms with Crippen LogP contribution in [0.2, 0.25) is 0 Å². The number of phenols is 1. The Hall–Kier alpha value is -2.30. The molecule has 0 spiro atoms. The minimum absolute atomic E-state index is 0.131. The highest BCUT2D eigenvalue weighted by molar-refractivity contribution is 5.49. The van der Waals surface area contributed by atoms with E-state index in [0.29, 0.717) is 18.0 Å². The van der Waals surface area contributed by atoms with E-state index in [2.05, 4.69) is 30.7 Å². The summed E-state index contributed by atoms with van der Waals surface area (Å²) >= 11 is 0. The summed E-state index contributed by atoms with van der Waals surface area (Å²) in [6, 6.07) is 3.97. The Labute approximate surface area is 125 Å². The van der Waals surface area contributed by atoms with Gasteiger partial charge in [-0.25, -0.2) is 4.98 Å². The number of anilines is 2. The van der Waals surface area contributed by atoms with Crippen molar-refractivity contribution in [1.82, 2.24) is 9.97 Å². The Bertz CT molecular complexity index is 675. The lowest BCUT2D eigenvalue weighted by Gasteiger charge is -2.22. The summed E-state index contributed by atoms with van der Waals surface area (Å²) < 4.78 is 0. The van der Waals surface area contributed by atoms with Crippen LogP contribution in [0.25, 0.3) is 0 Å². The normalized spacial score (nSPS) is 11.6. The molecule has 0 saturated heterocycles. The largest absolute Gasteiger partial charge is 0.507 e.